The molecule has 1 aromatic heterocycles. The molecule has 11 heteroatoms. The molecule has 1 N–H and O–H groups in total. The van der Waals surface area contributed by atoms with Gasteiger partial charge >= 0.3 is 0 Å². The van der Waals surface area contributed by atoms with Gasteiger partial charge in [-0.15, -0.1) is 0 Å². The van der Waals surface area contributed by atoms with Crippen LogP contribution in [0, 0.1) is 5.82 Å². The number of anilines is 1. The molecular weight excluding hydrogens is 445 g/mol. The van der Waals surface area contributed by atoms with Crippen molar-refractivity contribution in [3.05, 3.63) is 42.2 Å². The number of halogens is 1. The van der Waals surface area contributed by atoms with E-state index < -0.39 is 15.8 Å². The second kappa shape index (κ2) is 8.77. The van der Waals surface area contributed by atoms with Crippen molar-refractivity contribution in [1.82, 2.24) is 9.29 Å². The van der Waals surface area contributed by atoms with Crippen molar-refractivity contribution in [2.45, 2.75) is 17.7 Å². The third-order valence-corrected chi connectivity index (χ3v) is 7.50. The number of nitrogens with zero attached hydrogens (tertiary/aromatic N) is 2. The molecule has 0 radical (unpaired) electrons. The summed E-state index contributed by atoms with van der Waals surface area (Å²) >= 11 is 1.33. The third-order valence-electron chi connectivity index (χ3n) is 4.70. The topological polar surface area (TPSA) is 97.8 Å². The fourth-order valence-electron chi connectivity index (χ4n) is 3.07. The van der Waals surface area contributed by atoms with Gasteiger partial charge in [0, 0.05) is 32.1 Å². The predicted octanol–water partition coefficient (Wildman–Crippen LogP) is 3.25. The number of hydrogen-bond acceptors (Lipinski definition) is 7. The highest BCUT2D eigenvalue weighted by molar-refractivity contribution is 7.89. The van der Waals surface area contributed by atoms with Gasteiger partial charge in [0.2, 0.25) is 15.9 Å². The molecule has 1 aliphatic rings. The number of rotatable bonds is 7. The molecule has 2 heterocycles. The van der Waals surface area contributed by atoms with E-state index in [1.165, 1.54) is 30.5 Å². The monoisotopic (exact) mass is 465 g/mol. The first-order chi connectivity index (χ1) is 14.8. The van der Waals surface area contributed by atoms with Crippen LogP contribution in [0.1, 0.15) is 12.8 Å². The van der Waals surface area contributed by atoms with Gasteiger partial charge < -0.3 is 14.8 Å². The number of ether oxygens (including phenoxy) is 2. The number of sulfonamides is 1. The average Bonchev–Trinajstić information content (AvgIpc) is 3.12. The van der Waals surface area contributed by atoms with Crippen molar-refractivity contribution in [2.24, 2.45) is 0 Å². The Bertz CT molecular complexity index is 1170. The lowest BCUT2D eigenvalue weighted by Crippen LogP contribution is -2.28. The smallest absolute Gasteiger partial charge is 0.242 e. The number of benzene rings is 2. The van der Waals surface area contributed by atoms with Crippen LogP contribution in [0.5, 0.6) is 11.5 Å². The van der Waals surface area contributed by atoms with Gasteiger partial charge in [-0.1, -0.05) is 11.3 Å². The Morgan fingerprint density at radius 3 is 2.58 bits per heavy atom. The van der Waals surface area contributed by atoms with Crippen molar-refractivity contribution < 1.29 is 27.1 Å². The van der Waals surface area contributed by atoms with Gasteiger partial charge in [-0.05, 0) is 30.7 Å². The van der Waals surface area contributed by atoms with E-state index in [0.717, 1.165) is 21.1 Å². The number of fused-ring (bicyclic) bond motifs is 2. The van der Waals surface area contributed by atoms with Gasteiger partial charge in [-0.25, -0.2) is 22.1 Å². The van der Waals surface area contributed by atoms with Gasteiger partial charge in [0.1, 0.15) is 19.0 Å². The van der Waals surface area contributed by atoms with Crippen molar-refractivity contribution in [2.75, 3.05) is 32.1 Å². The van der Waals surface area contributed by atoms with Crippen LogP contribution in [-0.2, 0) is 14.8 Å². The molecule has 1 aliphatic heterocycles. The Balaban J connectivity index is 1.32. The summed E-state index contributed by atoms with van der Waals surface area (Å²) in [5.74, 6) is 0.523. The number of carbonyl (C=O) groups excluding carboxylic acids is 1. The van der Waals surface area contributed by atoms with E-state index in [2.05, 4.69) is 10.3 Å². The molecule has 4 rings (SSSR count). The third kappa shape index (κ3) is 4.78. The molecule has 3 aromatic rings. The quantitative estimate of drug-likeness (QED) is 0.575. The Hall–Kier alpha value is -2.76. The van der Waals surface area contributed by atoms with Crippen LogP contribution < -0.4 is 14.8 Å². The first-order valence-electron chi connectivity index (χ1n) is 9.55. The summed E-state index contributed by atoms with van der Waals surface area (Å²) in [5.41, 5.74) is 0.703. The maximum atomic E-state index is 13.0. The van der Waals surface area contributed by atoms with Crippen LogP contribution >= 0.6 is 11.3 Å². The molecule has 1 amide bonds. The average molecular weight is 466 g/mol. The number of hydrogen-bond donors (Lipinski definition) is 1. The van der Waals surface area contributed by atoms with Gasteiger partial charge in [0.25, 0.3) is 0 Å². The standard InChI is InChI=1S/C20H20FN3O5S2/c1-24(31(26,27)14-6-4-13(21)5-7-14)8-2-3-19(25)23-20-22-15-11-16-17(12-18(15)30-20)29-10-9-28-16/h4-7,11-12H,2-3,8-10H2,1H3,(H,22,23,25). The highest BCUT2D eigenvalue weighted by atomic mass is 32.2. The van der Waals surface area contributed by atoms with E-state index in [-0.39, 0.29) is 23.8 Å². The molecule has 8 nitrogen and oxygen atoms in total. The summed E-state index contributed by atoms with van der Waals surface area (Å²) in [5, 5.41) is 3.20. The molecular formula is C20H20FN3O5S2. The minimum absolute atomic E-state index is 0.00554. The van der Waals surface area contributed by atoms with Crippen molar-refractivity contribution in [3.63, 3.8) is 0 Å². The minimum Gasteiger partial charge on any atom is -0.486 e. The van der Waals surface area contributed by atoms with Crippen LogP contribution in [-0.4, -0.2) is 50.4 Å². The summed E-state index contributed by atoms with van der Waals surface area (Å²) in [6, 6.07) is 8.25. The number of carbonyl (C=O) groups is 1. The van der Waals surface area contributed by atoms with Crippen LogP contribution in [0.25, 0.3) is 10.2 Å². The number of aromatic nitrogens is 1. The molecule has 0 fully saturated rings. The van der Waals surface area contributed by atoms with E-state index >= 15 is 0 Å². The Morgan fingerprint density at radius 1 is 1.19 bits per heavy atom. The maximum absolute atomic E-state index is 13.0. The highest BCUT2D eigenvalue weighted by Gasteiger charge is 2.21. The number of thiazole rings is 1. The molecule has 0 aliphatic carbocycles. The van der Waals surface area contributed by atoms with Gasteiger partial charge in [0.15, 0.2) is 16.6 Å². The lowest BCUT2D eigenvalue weighted by molar-refractivity contribution is -0.116. The molecule has 164 valence electrons. The predicted molar refractivity (Wildman–Crippen MR) is 115 cm³/mol. The zero-order valence-electron chi connectivity index (χ0n) is 16.6. The molecule has 0 saturated carbocycles. The molecule has 31 heavy (non-hydrogen) atoms. The molecule has 0 spiro atoms. The van der Waals surface area contributed by atoms with Crippen LogP contribution in [0.3, 0.4) is 0 Å². The van der Waals surface area contributed by atoms with Crippen LogP contribution in [0.2, 0.25) is 0 Å². The van der Waals surface area contributed by atoms with Crippen molar-refractivity contribution in [3.8, 4) is 11.5 Å². The molecule has 0 unspecified atom stereocenters. The minimum atomic E-state index is -3.74. The lowest BCUT2D eigenvalue weighted by atomic mass is 10.3. The largest absolute Gasteiger partial charge is 0.486 e. The van der Waals surface area contributed by atoms with Crippen molar-refractivity contribution in [1.29, 1.82) is 0 Å². The fourth-order valence-corrected chi connectivity index (χ4v) is 5.17. The Kier molecular flexibility index (Phi) is 6.08. The number of amides is 1. The lowest BCUT2D eigenvalue weighted by Gasteiger charge is -2.17. The number of nitrogens with one attached hydrogen (secondary N) is 1. The van der Waals surface area contributed by atoms with Crippen LogP contribution in [0.15, 0.2) is 41.3 Å². The van der Waals surface area contributed by atoms with Gasteiger partial charge in [-0.3, -0.25) is 4.79 Å². The highest BCUT2D eigenvalue weighted by Crippen LogP contribution is 2.37. The van der Waals surface area contributed by atoms with E-state index in [1.54, 1.807) is 6.07 Å². The Labute approximate surface area is 182 Å². The van der Waals surface area contributed by atoms with E-state index in [4.69, 9.17) is 9.47 Å². The van der Waals surface area contributed by atoms with Gasteiger partial charge in [0.05, 0.1) is 15.1 Å². The Morgan fingerprint density at radius 2 is 1.87 bits per heavy atom. The normalized spacial score (nSPS) is 13.5. The zero-order valence-corrected chi connectivity index (χ0v) is 18.3. The first kappa shape index (κ1) is 21.5. The summed E-state index contributed by atoms with van der Waals surface area (Å²) in [4.78, 5) is 16.7. The van der Waals surface area contributed by atoms with Crippen molar-refractivity contribution >= 4 is 42.6 Å². The van der Waals surface area contributed by atoms with Crippen LogP contribution in [0.4, 0.5) is 9.52 Å². The summed E-state index contributed by atoms with van der Waals surface area (Å²) in [7, 11) is -2.31. The summed E-state index contributed by atoms with van der Waals surface area (Å²) in [6.45, 7) is 1.12. The molecule has 0 atom stereocenters. The molecule has 0 saturated heterocycles. The van der Waals surface area contributed by atoms with E-state index in [9.17, 15) is 17.6 Å². The van der Waals surface area contributed by atoms with E-state index in [0.29, 0.717) is 41.8 Å². The first-order valence-corrected chi connectivity index (χ1v) is 11.8. The second-order valence-corrected chi connectivity index (χ2v) is 9.99. The summed E-state index contributed by atoms with van der Waals surface area (Å²) in [6.07, 6.45) is 0.450. The SMILES string of the molecule is CN(CCCC(=O)Nc1nc2cc3c(cc2s1)OCCO3)S(=O)(=O)c1ccc(F)cc1. The zero-order chi connectivity index (χ0) is 22.0. The molecule has 0 bridgehead atoms. The van der Waals surface area contributed by atoms with E-state index in [1.807, 2.05) is 6.07 Å². The molecule has 2 aromatic carbocycles. The fraction of sp³-hybridized carbons (Fsp3) is 0.300. The second-order valence-electron chi connectivity index (χ2n) is 6.91. The van der Waals surface area contributed by atoms with Gasteiger partial charge in [-0.2, -0.15) is 0 Å². The summed E-state index contributed by atoms with van der Waals surface area (Å²) < 4.78 is 51.1. The maximum Gasteiger partial charge on any atom is 0.242 e.